The highest BCUT2D eigenvalue weighted by atomic mass is 32.1. The van der Waals surface area contributed by atoms with Crippen LogP contribution in [0.1, 0.15) is 180 Å². The van der Waals surface area contributed by atoms with Gasteiger partial charge in [-0.1, -0.05) is 181 Å². The normalized spacial score (nSPS) is 22.3. The molecule has 1 fully saturated rings. The van der Waals surface area contributed by atoms with Crippen molar-refractivity contribution in [1.29, 1.82) is 0 Å². The molecule has 0 radical (unpaired) electrons. The summed E-state index contributed by atoms with van der Waals surface area (Å²) < 4.78 is 5.41. The molecule has 2 unspecified atom stereocenters. The molecule has 6 aliphatic rings. The Balaban J connectivity index is 1.10. The molecule has 5 heterocycles. The van der Waals surface area contributed by atoms with Crippen LogP contribution >= 0.6 is 22.7 Å². The fraction of sp³-hybridized carbons (Fsp3) is 0.377. The van der Waals surface area contributed by atoms with Crippen LogP contribution in [-0.4, -0.2) is 12.3 Å². The van der Waals surface area contributed by atoms with Crippen LogP contribution in [0.3, 0.4) is 0 Å². The lowest BCUT2D eigenvalue weighted by Crippen LogP contribution is -2.62. The van der Waals surface area contributed by atoms with E-state index < -0.39 is 0 Å². The molecule has 2 aromatic heterocycles. The van der Waals surface area contributed by atoms with E-state index in [1.807, 2.05) is 22.7 Å². The average Bonchev–Trinajstić information content (AvgIpc) is 1.83. The molecule has 3 nitrogen and oxygen atoms in total. The molecule has 3 aliphatic carbocycles. The van der Waals surface area contributed by atoms with E-state index in [-0.39, 0.29) is 44.7 Å². The van der Waals surface area contributed by atoms with Crippen molar-refractivity contribution in [3.05, 3.63) is 172 Å². The van der Waals surface area contributed by atoms with Crippen molar-refractivity contribution < 1.29 is 0 Å². The van der Waals surface area contributed by atoms with Gasteiger partial charge in [0.2, 0.25) is 0 Å². The maximum Gasteiger partial charge on any atom is 0.252 e. The van der Waals surface area contributed by atoms with E-state index >= 15 is 0 Å². The summed E-state index contributed by atoms with van der Waals surface area (Å²) in [5, 5.41) is 5.36. The second kappa shape index (κ2) is 17.0. The summed E-state index contributed by atoms with van der Waals surface area (Å²) in [6.45, 7) is 34.9. The Labute approximate surface area is 501 Å². The summed E-state index contributed by atoms with van der Waals surface area (Å²) in [6, 6.07) is 54.4. The molecular weight excluding hydrogens is 1040 g/mol. The third-order valence-electron chi connectivity index (χ3n) is 22.8. The highest BCUT2D eigenvalue weighted by Gasteiger charge is 2.59. The van der Waals surface area contributed by atoms with Crippen LogP contribution in [0.2, 0.25) is 0 Å². The molecular formula is C77H80BN3S2. The van der Waals surface area contributed by atoms with E-state index in [2.05, 4.69) is 245 Å². The standard InChI is InChI=1S/C77H80BN3S2/c1-45-38-52-54(74(9,10)36-34-72(52,5)6)43-61(45)80-64-41-47(81-59-31-28-46(71(2,3)4)39-56(59)76(13)32-19-20-33-77(76,81)14)40-63-67(64)78(57-30-29-51-49-23-16-18-27-66(49)83-70(51)68(57)80)58-42-53-55(75(11,12)37-35-73(53,7)8)44-62(58)79(63)60-25-21-24-50-48-22-15-17-26-65(48)82-69(50)60/h15-18,21-31,38-44H,19-20,32-37H2,1-14H3. The van der Waals surface area contributed by atoms with Gasteiger partial charge < -0.3 is 14.7 Å². The summed E-state index contributed by atoms with van der Waals surface area (Å²) in [6.07, 6.45) is 9.44. The summed E-state index contributed by atoms with van der Waals surface area (Å²) in [5.41, 5.74) is 25.0. The first-order valence-corrected chi connectivity index (χ1v) is 33.0. The minimum atomic E-state index is -0.171. The van der Waals surface area contributed by atoms with Crippen molar-refractivity contribution in [3.8, 4) is 0 Å². The van der Waals surface area contributed by atoms with Gasteiger partial charge in [-0.05, 0) is 183 Å². The van der Waals surface area contributed by atoms with Gasteiger partial charge >= 0.3 is 0 Å². The monoisotopic (exact) mass is 1120 g/mol. The molecule has 0 amide bonds. The number of hydrogen-bond acceptors (Lipinski definition) is 5. The first-order chi connectivity index (χ1) is 39.4. The van der Waals surface area contributed by atoms with Crippen LogP contribution in [0, 0.1) is 6.92 Å². The first kappa shape index (κ1) is 52.2. The number of benzene rings is 8. The maximum atomic E-state index is 2.89. The molecule has 0 N–H and O–H groups in total. The van der Waals surface area contributed by atoms with Gasteiger partial charge in [0, 0.05) is 70.5 Å². The summed E-state index contributed by atoms with van der Waals surface area (Å²) >= 11 is 3.96. The second-order valence-corrected chi connectivity index (χ2v) is 32.6. The van der Waals surface area contributed by atoms with Crippen molar-refractivity contribution in [1.82, 2.24) is 0 Å². The van der Waals surface area contributed by atoms with Crippen LogP contribution in [0.25, 0.3) is 40.3 Å². The van der Waals surface area contributed by atoms with Crippen LogP contribution in [-0.2, 0) is 32.5 Å². The van der Waals surface area contributed by atoms with Crippen LogP contribution in [0.5, 0.6) is 0 Å². The van der Waals surface area contributed by atoms with Crippen LogP contribution in [0.4, 0.5) is 45.5 Å². The van der Waals surface area contributed by atoms with E-state index in [1.54, 1.807) is 0 Å². The smallest absolute Gasteiger partial charge is 0.252 e. The molecule has 10 aromatic rings. The highest BCUT2D eigenvalue weighted by Crippen LogP contribution is 2.63. The predicted molar refractivity (Wildman–Crippen MR) is 363 cm³/mol. The molecule has 6 heteroatoms. The minimum absolute atomic E-state index is 0.00445. The number of rotatable bonds is 3. The fourth-order valence-corrected chi connectivity index (χ4v) is 19.9. The van der Waals surface area contributed by atoms with E-state index in [1.165, 1.54) is 167 Å². The number of fused-ring (bicyclic) bond motifs is 16. The third kappa shape index (κ3) is 7.03. The van der Waals surface area contributed by atoms with E-state index in [9.17, 15) is 0 Å². The van der Waals surface area contributed by atoms with Gasteiger partial charge in [-0.15, -0.1) is 22.7 Å². The van der Waals surface area contributed by atoms with Crippen LogP contribution in [0.15, 0.2) is 133 Å². The molecule has 418 valence electrons. The van der Waals surface area contributed by atoms with Crippen molar-refractivity contribution >= 4 is 132 Å². The number of thiophene rings is 2. The zero-order chi connectivity index (χ0) is 57.4. The highest BCUT2D eigenvalue weighted by molar-refractivity contribution is 7.27. The van der Waals surface area contributed by atoms with Crippen molar-refractivity contribution in [2.75, 3.05) is 14.7 Å². The SMILES string of the molecule is Cc1cc2c(cc1N1c3cc(N4c5ccc(C(C)(C)C)cc5C5(C)CCCCC45C)cc4c3B(c3cc5c(cc3N4c3cccc4c3sc3ccccc34)C(C)(C)CCC5(C)C)c3ccc4c(sc5ccccc54)c31)C(C)(C)CCC2(C)C. The largest absolute Gasteiger partial charge is 0.334 e. The lowest BCUT2D eigenvalue weighted by Gasteiger charge is -2.51. The Bertz CT molecular complexity index is 4480. The first-order valence-electron chi connectivity index (χ1n) is 31.3. The van der Waals surface area contributed by atoms with Gasteiger partial charge in [0.15, 0.2) is 0 Å². The lowest BCUT2D eigenvalue weighted by atomic mass is 9.33. The third-order valence-corrected chi connectivity index (χ3v) is 25.2. The van der Waals surface area contributed by atoms with Gasteiger partial charge in [0.05, 0.1) is 26.3 Å². The van der Waals surface area contributed by atoms with Crippen molar-refractivity contribution in [3.63, 3.8) is 0 Å². The molecule has 0 saturated heterocycles. The molecule has 1 saturated carbocycles. The molecule has 2 atom stereocenters. The quantitative estimate of drug-likeness (QED) is 0.163. The van der Waals surface area contributed by atoms with Crippen molar-refractivity contribution in [2.45, 2.75) is 186 Å². The minimum Gasteiger partial charge on any atom is -0.334 e. The Hall–Kier alpha value is -6.34. The van der Waals surface area contributed by atoms with E-state index in [0.717, 1.165) is 25.7 Å². The van der Waals surface area contributed by atoms with E-state index in [4.69, 9.17) is 0 Å². The van der Waals surface area contributed by atoms with Gasteiger partial charge in [0.25, 0.3) is 6.71 Å². The van der Waals surface area contributed by atoms with Gasteiger partial charge in [-0.2, -0.15) is 0 Å². The number of aryl methyl sites for hydroxylation is 1. The topological polar surface area (TPSA) is 9.72 Å². The molecule has 0 spiro atoms. The summed E-state index contributed by atoms with van der Waals surface area (Å²) in [7, 11) is 0. The van der Waals surface area contributed by atoms with Gasteiger partial charge in [-0.25, -0.2) is 0 Å². The molecule has 8 aromatic carbocycles. The average molecular weight is 1120 g/mol. The second-order valence-electron chi connectivity index (χ2n) is 30.5. The van der Waals surface area contributed by atoms with Gasteiger partial charge in [0.1, 0.15) is 0 Å². The Kier molecular flexibility index (Phi) is 10.7. The summed E-state index contributed by atoms with van der Waals surface area (Å²) in [5.74, 6) is 0. The number of anilines is 8. The maximum absolute atomic E-state index is 2.89. The summed E-state index contributed by atoms with van der Waals surface area (Å²) in [4.78, 5) is 8.54. The number of nitrogens with zero attached hydrogens (tertiary/aromatic N) is 3. The Morgan fingerprint density at radius 1 is 0.434 bits per heavy atom. The zero-order valence-corrected chi connectivity index (χ0v) is 53.2. The molecule has 83 heavy (non-hydrogen) atoms. The van der Waals surface area contributed by atoms with Crippen molar-refractivity contribution in [2.24, 2.45) is 0 Å². The predicted octanol–water partition coefficient (Wildman–Crippen LogP) is 20.6. The molecule has 0 bridgehead atoms. The van der Waals surface area contributed by atoms with Crippen LogP contribution < -0.4 is 31.1 Å². The lowest BCUT2D eigenvalue weighted by molar-refractivity contribution is 0.195. The van der Waals surface area contributed by atoms with Gasteiger partial charge in [-0.3, -0.25) is 0 Å². The molecule has 16 rings (SSSR count). The Morgan fingerprint density at radius 3 is 1.64 bits per heavy atom. The fourth-order valence-electron chi connectivity index (χ4n) is 17.4. The Morgan fingerprint density at radius 2 is 0.988 bits per heavy atom. The zero-order valence-electron chi connectivity index (χ0n) is 51.6. The number of hydrogen-bond donors (Lipinski definition) is 0. The molecule has 3 aliphatic heterocycles. The van der Waals surface area contributed by atoms with E-state index in [0.29, 0.717) is 0 Å².